The Labute approximate surface area is 81.6 Å². The van der Waals surface area contributed by atoms with Crippen LogP contribution in [0, 0.1) is 0 Å². The van der Waals surface area contributed by atoms with Crippen molar-refractivity contribution in [1.29, 1.82) is 0 Å². The van der Waals surface area contributed by atoms with Gasteiger partial charge >= 0.3 is 0 Å². The van der Waals surface area contributed by atoms with Gasteiger partial charge in [0, 0.05) is 5.02 Å². The predicted octanol–water partition coefficient (Wildman–Crippen LogP) is 2.57. The highest BCUT2D eigenvalue weighted by Gasteiger charge is 1.95. The molecular weight excluding hydrogens is 190 g/mol. The quantitative estimate of drug-likeness (QED) is 0.462. The molecule has 13 heavy (non-hydrogen) atoms. The smallest absolute Gasteiger partial charge is 0.129 e. The molecule has 0 atom stereocenters. The Bertz CT molecular complexity index is 295. The van der Waals surface area contributed by atoms with E-state index in [0.717, 1.165) is 0 Å². The number of rotatable bonds is 3. The van der Waals surface area contributed by atoms with Gasteiger partial charge in [-0.05, 0) is 31.2 Å². The number of halogens is 1. The third kappa shape index (κ3) is 3.34. The van der Waals surface area contributed by atoms with Crippen molar-refractivity contribution in [3.05, 3.63) is 29.3 Å². The first kappa shape index (κ1) is 9.86. The number of nitrogens with zero attached hydrogens (tertiary/aromatic N) is 1. The van der Waals surface area contributed by atoms with Gasteiger partial charge in [-0.1, -0.05) is 16.8 Å². The van der Waals surface area contributed by atoms with E-state index in [4.69, 9.17) is 21.5 Å². The summed E-state index contributed by atoms with van der Waals surface area (Å²) in [6.07, 6.45) is 0. The van der Waals surface area contributed by atoms with Crippen LogP contribution in [-0.2, 0) is 0 Å². The van der Waals surface area contributed by atoms with Crippen molar-refractivity contribution < 1.29 is 9.94 Å². The van der Waals surface area contributed by atoms with Crippen molar-refractivity contribution in [2.75, 3.05) is 6.61 Å². The molecule has 0 aromatic heterocycles. The topological polar surface area (TPSA) is 41.8 Å². The molecule has 0 radical (unpaired) electrons. The van der Waals surface area contributed by atoms with Crippen LogP contribution in [-0.4, -0.2) is 17.5 Å². The van der Waals surface area contributed by atoms with E-state index < -0.39 is 0 Å². The summed E-state index contributed by atoms with van der Waals surface area (Å²) in [5.41, 5.74) is 0.523. The Morgan fingerprint density at radius 3 is 2.62 bits per heavy atom. The summed E-state index contributed by atoms with van der Waals surface area (Å²) in [4.78, 5) is 0. The van der Waals surface area contributed by atoms with Crippen LogP contribution < -0.4 is 4.74 Å². The van der Waals surface area contributed by atoms with E-state index in [1.165, 1.54) is 0 Å². The van der Waals surface area contributed by atoms with Crippen LogP contribution in [0.25, 0.3) is 0 Å². The summed E-state index contributed by atoms with van der Waals surface area (Å²) in [7, 11) is 0. The van der Waals surface area contributed by atoms with Gasteiger partial charge in [0.25, 0.3) is 0 Å². The van der Waals surface area contributed by atoms with Gasteiger partial charge in [0.2, 0.25) is 0 Å². The Balaban J connectivity index is 2.51. The molecule has 1 aromatic carbocycles. The molecule has 1 aromatic rings. The number of oxime groups is 1. The van der Waals surface area contributed by atoms with Gasteiger partial charge in [-0.3, -0.25) is 0 Å². The zero-order valence-electron chi connectivity index (χ0n) is 7.20. The Morgan fingerprint density at radius 2 is 2.08 bits per heavy atom. The largest absolute Gasteiger partial charge is 0.488 e. The van der Waals surface area contributed by atoms with Gasteiger partial charge < -0.3 is 9.94 Å². The van der Waals surface area contributed by atoms with Crippen molar-refractivity contribution in [2.24, 2.45) is 5.16 Å². The zero-order chi connectivity index (χ0) is 9.68. The molecule has 0 saturated heterocycles. The van der Waals surface area contributed by atoms with Crippen LogP contribution in [0.2, 0.25) is 5.02 Å². The van der Waals surface area contributed by atoms with Crippen LogP contribution in [0.15, 0.2) is 29.4 Å². The summed E-state index contributed by atoms with van der Waals surface area (Å²) in [6.45, 7) is 1.95. The van der Waals surface area contributed by atoms with Gasteiger partial charge in [0.1, 0.15) is 12.4 Å². The molecule has 1 N–H and O–H groups in total. The lowest BCUT2D eigenvalue weighted by atomic mass is 10.3. The predicted molar refractivity (Wildman–Crippen MR) is 51.8 cm³/mol. The van der Waals surface area contributed by atoms with Gasteiger partial charge in [0.15, 0.2) is 0 Å². The second kappa shape index (κ2) is 4.72. The summed E-state index contributed by atoms with van der Waals surface area (Å²) in [6, 6.07) is 6.99. The molecule has 0 spiro atoms. The van der Waals surface area contributed by atoms with Crippen LogP contribution in [0.3, 0.4) is 0 Å². The molecular formula is C9H10ClNO2. The average molecular weight is 200 g/mol. The molecule has 1 rings (SSSR count). The average Bonchev–Trinajstić information content (AvgIpc) is 2.16. The molecule has 0 fully saturated rings. The van der Waals surface area contributed by atoms with Gasteiger partial charge in [-0.15, -0.1) is 0 Å². The van der Waals surface area contributed by atoms with Gasteiger partial charge in [0.05, 0.1) is 5.71 Å². The van der Waals surface area contributed by atoms with Crippen molar-refractivity contribution in [3.8, 4) is 5.75 Å². The SMILES string of the molecule is C/C(COc1ccc(Cl)cc1)=N/O. The minimum absolute atomic E-state index is 0.276. The monoisotopic (exact) mass is 199 g/mol. The highest BCUT2D eigenvalue weighted by atomic mass is 35.5. The molecule has 70 valence electrons. The molecule has 3 nitrogen and oxygen atoms in total. The number of ether oxygens (including phenoxy) is 1. The molecule has 0 saturated carbocycles. The third-order valence-corrected chi connectivity index (χ3v) is 1.68. The van der Waals surface area contributed by atoms with E-state index in [-0.39, 0.29) is 6.61 Å². The fourth-order valence-electron chi connectivity index (χ4n) is 0.747. The summed E-state index contributed by atoms with van der Waals surface area (Å²) >= 11 is 5.68. The zero-order valence-corrected chi connectivity index (χ0v) is 7.95. The molecule has 4 heteroatoms. The number of benzene rings is 1. The molecule has 0 bridgehead atoms. The van der Waals surface area contributed by atoms with Gasteiger partial charge in [-0.2, -0.15) is 0 Å². The first-order valence-electron chi connectivity index (χ1n) is 3.78. The fourth-order valence-corrected chi connectivity index (χ4v) is 0.873. The molecule has 0 amide bonds. The maximum atomic E-state index is 8.34. The standard InChI is InChI=1S/C9H10ClNO2/c1-7(11-12)6-13-9-4-2-8(10)3-5-9/h2-5,12H,6H2,1H3/b11-7-. The second-order valence-corrected chi connectivity index (χ2v) is 3.01. The Morgan fingerprint density at radius 1 is 1.46 bits per heavy atom. The number of hydrogen-bond acceptors (Lipinski definition) is 3. The van der Waals surface area contributed by atoms with E-state index in [1.807, 2.05) is 0 Å². The highest BCUT2D eigenvalue weighted by molar-refractivity contribution is 6.30. The van der Waals surface area contributed by atoms with Crippen LogP contribution in [0.4, 0.5) is 0 Å². The summed E-state index contributed by atoms with van der Waals surface area (Å²) < 4.78 is 5.26. The maximum absolute atomic E-state index is 8.34. The molecule has 0 unspecified atom stereocenters. The molecule has 0 aliphatic carbocycles. The Hall–Kier alpha value is -1.22. The highest BCUT2D eigenvalue weighted by Crippen LogP contribution is 2.15. The van der Waals surface area contributed by atoms with E-state index in [1.54, 1.807) is 31.2 Å². The van der Waals surface area contributed by atoms with E-state index in [0.29, 0.717) is 16.5 Å². The van der Waals surface area contributed by atoms with Crippen molar-refractivity contribution in [2.45, 2.75) is 6.92 Å². The first-order valence-corrected chi connectivity index (χ1v) is 4.16. The molecule has 0 aliphatic rings. The van der Waals surface area contributed by atoms with Gasteiger partial charge in [-0.25, -0.2) is 0 Å². The summed E-state index contributed by atoms with van der Waals surface area (Å²) in [5, 5.41) is 12.0. The van der Waals surface area contributed by atoms with Crippen molar-refractivity contribution in [1.82, 2.24) is 0 Å². The third-order valence-electron chi connectivity index (χ3n) is 1.43. The summed E-state index contributed by atoms with van der Waals surface area (Å²) in [5.74, 6) is 0.701. The Kier molecular flexibility index (Phi) is 3.58. The van der Waals surface area contributed by atoms with E-state index in [2.05, 4.69) is 5.16 Å². The van der Waals surface area contributed by atoms with Crippen LogP contribution in [0.1, 0.15) is 6.92 Å². The van der Waals surface area contributed by atoms with Crippen LogP contribution >= 0.6 is 11.6 Å². The fraction of sp³-hybridized carbons (Fsp3) is 0.222. The van der Waals surface area contributed by atoms with Crippen molar-refractivity contribution in [3.63, 3.8) is 0 Å². The van der Waals surface area contributed by atoms with Crippen LogP contribution in [0.5, 0.6) is 5.75 Å². The normalized spacial score (nSPS) is 11.4. The second-order valence-electron chi connectivity index (χ2n) is 2.58. The minimum atomic E-state index is 0.276. The van der Waals surface area contributed by atoms with E-state index in [9.17, 15) is 0 Å². The molecule has 0 aliphatic heterocycles. The lowest BCUT2D eigenvalue weighted by Crippen LogP contribution is -2.07. The van der Waals surface area contributed by atoms with E-state index >= 15 is 0 Å². The molecule has 0 heterocycles. The lowest BCUT2D eigenvalue weighted by Gasteiger charge is -2.03. The maximum Gasteiger partial charge on any atom is 0.129 e. The minimum Gasteiger partial charge on any atom is -0.488 e. The van der Waals surface area contributed by atoms with Crippen molar-refractivity contribution >= 4 is 17.3 Å². The number of hydrogen-bond donors (Lipinski definition) is 1. The first-order chi connectivity index (χ1) is 6.22. The lowest BCUT2D eigenvalue weighted by molar-refractivity contribution is 0.307.